The molecule has 0 radical (unpaired) electrons. The van der Waals surface area contributed by atoms with E-state index in [0.717, 1.165) is 50.4 Å². The summed E-state index contributed by atoms with van der Waals surface area (Å²) in [5, 5.41) is 6.00. The molecular formula is C22H34N4O2. The molecule has 0 unspecified atom stereocenters. The molecule has 3 rings (SSSR count). The van der Waals surface area contributed by atoms with Crippen molar-refractivity contribution in [3.8, 4) is 0 Å². The lowest BCUT2D eigenvalue weighted by Crippen LogP contribution is -2.34. The van der Waals surface area contributed by atoms with Crippen molar-refractivity contribution in [1.29, 1.82) is 0 Å². The Kier molecular flexibility index (Phi) is 8.30. The average Bonchev–Trinajstić information content (AvgIpc) is 3.37. The zero-order chi connectivity index (χ0) is 19.6. The topological polar surface area (TPSA) is 64.7 Å². The van der Waals surface area contributed by atoms with Crippen molar-refractivity contribution in [2.75, 3.05) is 52.4 Å². The largest absolute Gasteiger partial charge is 0.355 e. The van der Waals surface area contributed by atoms with Crippen LogP contribution < -0.4 is 10.6 Å². The van der Waals surface area contributed by atoms with Crippen molar-refractivity contribution in [2.45, 2.75) is 38.5 Å². The third-order valence-electron chi connectivity index (χ3n) is 5.65. The number of likely N-dealkylation sites (tertiary alicyclic amines) is 2. The summed E-state index contributed by atoms with van der Waals surface area (Å²) in [6.45, 7) is 7.94. The Morgan fingerprint density at radius 1 is 0.679 bits per heavy atom. The second kappa shape index (κ2) is 11.2. The van der Waals surface area contributed by atoms with Gasteiger partial charge in [0.25, 0.3) is 0 Å². The summed E-state index contributed by atoms with van der Waals surface area (Å²) in [6, 6.07) is 7.81. The first kappa shape index (κ1) is 20.8. The van der Waals surface area contributed by atoms with E-state index in [9.17, 15) is 9.59 Å². The summed E-state index contributed by atoms with van der Waals surface area (Å²) in [7, 11) is 0. The van der Waals surface area contributed by atoms with Crippen LogP contribution >= 0.6 is 0 Å². The van der Waals surface area contributed by atoms with Gasteiger partial charge in [-0.15, -0.1) is 0 Å². The molecule has 0 spiro atoms. The summed E-state index contributed by atoms with van der Waals surface area (Å²) < 4.78 is 0. The highest BCUT2D eigenvalue weighted by molar-refractivity contribution is 5.79. The Morgan fingerprint density at radius 2 is 1.04 bits per heavy atom. The second-order valence-electron chi connectivity index (χ2n) is 7.97. The Hall–Kier alpha value is -1.92. The minimum atomic E-state index is 0.0617. The molecule has 0 atom stereocenters. The van der Waals surface area contributed by atoms with Gasteiger partial charge in [-0.05, 0) is 63.0 Å². The van der Waals surface area contributed by atoms with E-state index in [1.807, 2.05) is 24.3 Å². The molecular weight excluding hydrogens is 352 g/mol. The molecule has 6 nitrogen and oxygen atoms in total. The van der Waals surface area contributed by atoms with Gasteiger partial charge >= 0.3 is 0 Å². The molecule has 0 bridgehead atoms. The SMILES string of the molecule is O=C(Cc1ccc(CC(=O)NCCN2CCCC2)cc1)NCCN1CCCC1. The predicted octanol–water partition coefficient (Wildman–Crippen LogP) is 1.20. The van der Waals surface area contributed by atoms with Crippen LogP contribution in [-0.4, -0.2) is 74.0 Å². The van der Waals surface area contributed by atoms with Gasteiger partial charge in [-0.3, -0.25) is 9.59 Å². The van der Waals surface area contributed by atoms with Crippen molar-refractivity contribution >= 4 is 11.8 Å². The number of hydrogen-bond acceptors (Lipinski definition) is 4. The van der Waals surface area contributed by atoms with E-state index in [1.54, 1.807) is 0 Å². The lowest BCUT2D eigenvalue weighted by Gasteiger charge is -2.15. The number of carbonyl (C=O) groups is 2. The Bertz CT molecular complexity index is 565. The molecule has 2 heterocycles. The lowest BCUT2D eigenvalue weighted by atomic mass is 10.1. The van der Waals surface area contributed by atoms with E-state index in [1.165, 1.54) is 25.7 Å². The van der Waals surface area contributed by atoms with Gasteiger partial charge in [0.1, 0.15) is 0 Å². The average molecular weight is 387 g/mol. The molecule has 2 aliphatic heterocycles. The van der Waals surface area contributed by atoms with E-state index >= 15 is 0 Å². The van der Waals surface area contributed by atoms with Crippen molar-refractivity contribution in [2.24, 2.45) is 0 Å². The smallest absolute Gasteiger partial charge is 0.224 e. The molecule has 2 amide bonds. The van der Waals surface area contributed by atoms with Crippen molar-refractivity contribution < 1.29 is 9.59 Å². The van der Waals surface area contributed by atoms with Crippen molar-refractivity contribution in [1.82, 2.24) is 20.4 Å². The van der Waals surface area contributed by atoms with Gasteiger partial charge < -0.3 is 20.4 Å². The molecule has 1 aromatic rings. The molecule has 0 aliphatic carbocycles. The Labute approximate surface area is 168 Å². The first-order valence-corrected chi connectivity index (χ1v) is 10.7. The zero-order valence-electron chi connectivity index (χ0n) is 16.9. The van der Waals surface area contributed by atoms with Gasteiger partial charge in [-0.1, -0.05) is 24.3 Å². The van der Waals surface area contributed by atoms with Crippen LogP contribution in [0.25, 0.3) is 0 Å². The van der Waals surface area contributed by atoms with Crippen LogP contribution in [0.4, 0.5) is 0 Å². The number of amides is 2. The van der Waals surface area contributed by atoms with Crippen LogP contribution in [0.2, 0.25) is 0 Å². The number of nitrogens with one attached hydrogen (secondary N) is 2. The van der Waals surface area contributed by atoms with Crippen LogP contribution in [0.1, 0.15) is 36.8 Å². The third-order valence-corrected chi connectivity index (χ3v) is 5.65. The quantitative estimate of drug-likeness (QED) is 0.634. The highest BCUT2D eigenvalue weighted by Gasteiger charge is 2.12. The monoisotopic (exact) mass is 386 g/mol. The van der Waals surface area contributed by atoms with Crippen molar-refractivity contribution in [3.05, 3.63) is 35.4 Å². The number of benzene rings is 1. The van der Waals surface area contributed by atoms with Crippen LogP contribution in [0.3, 0.4) is 0 Å². The maximum atomic E-state index is 12.1. The second-order valence-corrected chi connectivity index (χ2v) is 7.97. The highest BCUT2D eigenvalue weighted by atomic mass is 16.2. The zero-order valence-corrected chi connectivity index (χ0v) is 16.9. The molecule has 2 N–H and O–H groups in total. The van der Waals surface area contributed by atoms with Gasteiger partial charge in [0.15, 0.2) is 0 Å². The number of rotatable bonds is 10. The molecule has 1 aromatic carbocycles. The van der Waals surface area contributed by atoms with Gasteiger partial charge in [0.2, 0.25) is 11.8 Å². The fraction of sp³-hybridized carbons (Fsp3) is 0.636. The molecule has 0 saturated carbocycles. The molecule has 2 fully saturated rings. The number of carbonyl (C=O) groups excluding carboxylic acids is 2. The van der Waals surface area contributed by atoms with E-state index < -0.39 is 0 Å². The molecule has 28 heavy (non-hydrogen) atoms. The Balaban J connectivity index is 1.30. The van der Waals surface area contributed by atoms with E-state index in [-0.39, 0.29) is 11.8 Å². The molecule has 0 aromatic heterocycles. The van der Waals surface area contributed by atoms with Gasteiger partial charge in [-0.25, -0.2) is 0 Å². The summed E-state index contributed by atoms with van der Waals surface area (Å²) in [6.07, 6.45) is 5.88. The van der Waals surface area contributed by atoms with Gasteiger partial charge in [0, 0.05) is 26.2 Å². The first-order valence-electron chi connectivity index (χ1n) is 10.7. The number of nitrogens with zero attached hydrogens (tertiary/aromatic N) is 2. The minimum Gasteiger partial charge on any atom is -0.355 e. The minimum absolute atomic E-state index is 0.0617. The molecule has 2 saturated heterocycles. The Morgan fingerprint density at radius 3 is 1.39 bits per heavy atom. The predicted molar refractivity (Wildman–Crippen MR) is 111 cm³/mol. The van der Waals surface area contributed by atoms with E-state index in [4.69, 9.17) is 0 Å². The number of hydrogen-bond donors (Lipinski definition) is 2. The standard InChI is InChI=1S/C22H34N4O2/c27-21(23-9-15-25-11-1-2-12-25)17-19-5-7-20(8-6-19)18-22(28)24-10-16-26-13-3-4-14-26/h5-8H,1-4,9-18H2,(H,23,27)(H,24,28). The fourth-order valence-corrected chi connectivity index (χ4v) is 3.99. The van der Waals surface area contributed by atoms with Crippen molar-refractivity contribution in [3.63, 3.8) is 0 Å². The van der Waals surface area contributed by atoms with Crippen LogP contribution in [-0.2, 0) is 22.4 Å². The van der Waals surface area contributed by atoms with Gasteiger partial charge in [0.05, 0.1) is 12.8 Å². The van der Waals surface area contributed by atoms with Crippen LogP contribution in [0, 0.1) is 0 Å². The maximum Gasteiger partial charge on any atom is 0.224 e. The molecule has 154 valence electrons. The molecule has 2 aliphatic rings. The highest BCUT2D eigenvalue weighted by Crippen LogP contribution is 2.08. The fourth-order valence-electron chi connectivity index (χ4n) is 3.99. The van der Waals surface area contributed by atoms with E-state index in [2.05, 4.69) is 20.4 Å². The summed E-state index contributed by atoms with van der Waals surface area (Å²) in [5.74, 6) is 0.123. The summed E-state index contributed by atoms with van der Waals surface area (Å²) in [5.41, 5.74) is 1.97. The lowest BCUT2D eigenvalue weighted by molar-refractivity contribution is -0.121. The van der Waals surface area contributed by atoms with Crippen LogP contribution in [0.15, 0.2) is 24.3 Å². The summed E-state index contributed by atoms with van der Waals surface area (Å²) in [4.78, 5) is 28.9. The normalized spacial score (nSPS) is 17.7. The maximum absolute atomic E-state index is 12.1. The first-order chi connectivity index (χ1) is 13.7. The third kappa shape index (κ3) is 7.24. The van der Waals surface area contributed by atoms with Gasteiger partial charge in [-0.2, -0.15) is 0 Å². The summed E-state index contributed by atoms with van der Waals surface area (Å²) >= 11 is 0. The molecule has 6 heteroatoms. The van der Waals surface area contributed by atoms with Crippen LogP contribution in [0.5, 0.6) is 0 Å². The van der Waals surface area contributed by atoms with E-state index in [0.29, 0.717) is 25.9 Å².